The molecule has 1 rings (SSSR count). The number of para-hydroxylation sites is 1. The first-order valence-electron chi connectivity index (χ1n) is 4.79. The van der Waals surface area contributed by atoms with E-state index in [-0.39, 0.29) is 13.0 Å². The lowest BCUT2D eigenvalue weighted by Crippen LogP contribution is -2.27. The first-order chi connectivity index (χ1) is 8.19. The third-order valence-corrected chi connectivity index (χ3v) is 2.50. The summed E-state index contributed by atoms with van der Waals surface area (Å²) in [6.45, 7) is 0.166. The van der Waals surface area contributed by atoms with Gasteiger partial charge in [-0.1, -0.05) is 11.7 Å². The summed E-state index contributed by atoms with van der Waals surface area (Å²) in [5.41, 5.74) is 1.81. The Hall–Kier alpha value is -1.31. The second-order valence-corrected chi connectivity index (χ2v) is 3.82. The summed E-state index contributed by atoms with van der Waals surface area (Å²) < 4.78 is 11.3. The van der Waals surface area contributed by atoms with Gasteiger partial charge in [-0.3, -0.25) is 4.79 Å². The van der Waals surface area contributed by atoms with E-state index in [1.165, 1.54) is 0 Å². The molecule has 3 N–H and O–H groups in total. The first kappa shape index (κ1) is 13.8. The summed E-state index contributed by atoms with van der Waals surface area (Å²) in [7, 11) is 1.54. The van der Waals surface area contributed by atoms with Crippen LogP contribution in [0.5, 0.6) is 11.5 Å². The Morgan fingerprint density at radius 3 is 2.94 bits per heavy atom. The molecule has 0 heterocycles. The lowest BCUT2D eigenvalue weighted by Gasteiger charge is -2.11. The highest BCUT2D eigenvalue weighted by Crippen LogP contribution is 2.34. The van der Waals surface area contributed by atoms with E-state index in [2.05, 4.69) is 20.8 Å². The minimum Gasteiger partial charge on any atom is -0.493 e. The highest BCUT2D eigenvalue weighted by Gasteiger charge is 2.10. The fourth-order valence-electron chi connectivity index (χ4n) is 1.14. The van der Waals surface area contributed by atoms with Crippen LogP contribution in [0.4, 0.5) is 0 Å². The van der Waals surface area contributed by atoms with Crippen molar-refractivity contribution in [1.29, 1.82) is 0 Å². The van der Waals surface area contributed by atoms with E-state index in [0.29, 0.717) is 11.5 Å². The monoisotopic (exact) mass is 304 g/mol. The number of halogens is 1. The third-order valence-electron chi connectivity index (χ3n) is 1.88. The van der Waals surface area contributed by atoms with Crippen molar-refractivity contribution < 1.29 is 19.1 Å². The van der Waals surface area contributed by atoms with Gasteiger partial charge in [-0.25, -0.2) is 5.84 Å². The molecule has 0 aliphatic heterocycles. The van der Waals surface area contributed by atoms with Gasteiger partial charge >= 0.3 is 5.97 Å². The number of carbonyl (C=O) groups is 1. The zero-order chi connectivity index (χ0) is 12.7. The molecule has 0 bridgehead atoms. The van der Waals surface area contributed by atoms with Crippen molar-refractivity contribution >= 4 is 21.9 Å². The SMILES string of the molecule is COc1cccc(Br)c1OCCC(=O)ONN. The van der Waals surface area contributed by atoms with Crippen LogP contribution in [0.2, 0.25) is 0 Å². The number of methoxy groups -OCH3 is 1. The van der Waals surface area contributed by atoms with Gasteiger partial charge in [-0.2, -0.15) is 0 Å². The Morgan fingerprint density at radius 1 is 1.53 bits per heavy atom. The van der Waals surface area contributed by atoms with Crippen LogP contribution in [0.25, 0.3) is 0 Å². The highest BCUT2D eigenvalue weighted by molar-refractivity contribution is 9.10. The molecule has 0 fully saturated rings. The van der Waals surface area contributed by atoms with Crippen molar-refractivity contribution in [2.75, 3.05) is 13.7 Å². The third kappa shape index (κ3) is 4.22. The van der Waals surface area contributed by atoms with Crippen LogP contribution in [-0.4, -0.2) is 19.7 Å². The Morgan fingerprint density at radius 2 is 2.29 bits per heavy atom. The average Bonchev–Trinajstić information content (AvgIpc) is 2.31. The molecule has 0 spiro atoms. The number of benzene rings is 1. The molecule has 0 atom stereocenters. The van der Waals surface area contributed by atoms with Gasteiger partial charge < -0.3 is 14.3 Å². The largest absolute Gasteiger partial charge is 0.493 e. The summed E-state index contributed by atoms with van der Waals surface area (Å²) in [6, 6.07) is 5.40. The zero-order valence-electron chi connectivity index (χ0n) is 9.23. The molecule has 0 aliphatic carbocycles. The fourth-order valence-corrected chi connectivity index (χ4v) is 1.61. The van der Waals surface area contributed by atoms with Crippen molar-refractivity contribution in [3.8, 4) is 11.5 Å². The molecular weight excluding hydrogens is 292 g/mol. The van der Waals surface area contributed by atoms with Gasteiger partial charge in [0, 0.05) is 0 Å². The summed E-state index contributed by atoms with van der Waals surface area (Å²) >= 11 is 3.33. The molecule has 0 amide bonds. The maximum atomic E-state index is 11.0. The molecule has 0 saturated heterocycles. The van der Waals surface area contributed by atoms with Crippen LogP contribution in [0.15, 0.2) is 22.7 Å². The maximum Gasteiger partial charge on any atom is 0.329 e. The van der Waals surface area contributed by atoms with Gasteiger partial charge in [0.05, 0.1) is 24.6 Å². The molecule has 0 radical (unpaired) electrons. The van der Waals surface area contributed by atoms with Crippen LogP contribution in [-0.2, 0) is 9.63 Å². The number of nitrogens with two attached hydrogens (primary N) is 1. The lowest BCUT2D eigenvalue weighted by molar-refractivity contribution is -0.151. The standard InChI is InChI=1S/C10H13BrN2O4/c1-15-8-4-2-3-7(11)10(8)16-6-5-9(14)17-13-12/h2-4,13H,5-6,12H2,1H3. The Labute approximate surface area is 107 Å². The van der Waals surface area contributed by atoms with Gasteiger partial charge in [0.25, 0.3) is 0 Å². The number of nitrogens with one attached hydrogen (secondary N) is 1. The van der Waals surface area contributed by atoms with Gasteiger partial charge in [0.15, 0.2) is 11.5 Å². The van der Waals surface area contributed by atoms with E-state index < -0.39 is 5.97 Å². The number of hydrogen-bond donors (Lipinski definition) is 2. The number of hydrazine groups is 1. The Balaban J connectivity index is 2.54. The van der Waals surface area contributed by atoms with Crippen molar-refractivity contribution in [2.24, 2.45) is 5.84 Å². The molecule has 0 saturated carbocycles. The molecule has 7 heteroatoms. The molecule has 1 aromatic rings. The lowest BCUT2D eigenvalue weighted by atomic mass is 10.3. The van der Waals surface area contributed by atoms with E-state index in [4.69, 9.17) is 15.3 Å². The molecular formula is C10H13BrN2O4. The van der Waals surface area contributed by atoms with Crippen LogP contribution < -0.4 is 20.9 Å². The normalized spacial score (nSPS) is 9.82. The van der Waals surface area contributed by atoms with E-state index in [9.17, 15) is 4.79 Å². The fraction of sp³-hybridized carbons (Fsp3) is 0.300. The summed E-state index contributed by atoms with van der Waals surface area (Å²) in [4.78, 5) is 15.3. The van der Waals surface area contributed by atoms with Crippen LogP contribution in [0.3, 0.4) is 0 Å². The van der Waals surface area contributed by atoms with E-state index in [0.717, 1.165) is 4.47 Å². The Kier molecular flexibility index (Phi) is 5.75. The summed E-state index contributed by atoms with van der Waals surface area (Å²) in [5, 5.41) is 0. The van der Waals surface area contributed by atoms with Gasteiger partial charge in [-0.15, -0.1) is 0 Å². The molecule has 0 unspecified atom stereocenters. The minimum absolute atomic E-state index is 0.0781. The average molecular weight is 305 g/mol. The second-order valence-electron chi connectivity index (χ2n) is 2.96. The number of hydrogen-bond acceptors (Lipinski definition) is 6. The van der Waals surface area contributed by atoms with Gasteiger partial charge in [0.2, 0.25) is 0 Å². The van der Waals surface area contributed by atoms with Crippen LogP contribution >= 0.6 is 15.9 Å². The van der Waals surface area contributed by atoms with Gasteiger partial charge in [0.1, 0.15) is 0 Å². The molecule has 6 nitrogen and oxygen atoms in total. The molecule has 94 valence electrons. The minimum atomic E-state index is -0.501. The topological polar surface area (TPSA) is 82.8 Å². The summed E-state index contributed by atoms with van der Waals surface area (Å²) in [6.07, 6.45) is 0.0781. The van der Waals surface area contributed by atoms with E-state index in [1.807, 2.05) is 17.7 Å². The number of carbonyl (C=O) groups excluding carboxylic acids is 1. The van der Waals surface area contributed by atoms with E-state index in [1.54, 1.807) is 13.2 Å². The molecule has 0 aliphatic rings. The molecule has 17 heavy (non-hydrogen) atoms. The van der Waals surface area contributed by atoms with Crippen LogP contribution in [0, 0.1) is 0 Å². The predicted octanol–water partition coefficient (Wildman–Crippen LogP) is 1.15. The quantitative estimate of drug-likeness (QED) is 0.606. The van der Waals surface area contributed by atoms with Gasteiger partial charge in [-0.05, 0) is 28.1 Å². The van der Waals surface area contributed by atoms with Crippen molar-refractivity contribution in [1.82, 2.24) is 5.59 Å². The number of ether oxygens (including phenoxy) is 2. The Bertz CT molecular complexity index is 387. The van der Waals surface area contributed by atoms with Crippen molar-refractivity contribution in [3.05, 3.63) is 22.7 Å². The van der Waals surface area contributed by atoms with Crippen molar-refractivity contribution in [2.45, 2.75) is 6.42 Å². The van der Waals surface area contributed by atoms with Crippen LogP contribution in [0.1, 0.15) is 6.42 Å². The number of rotatable bonds is 6. The summed E-state index contributed by atoms with van der Waals surface area (Å²) in [5.74, 6) is 5.45. The highest BCUT2D eigenvalue weighted by atomic mass is 79.9. The molecule has 1 aromatic carbocycles. The first-order valence-corrected chi connectivity index (χ1v) is 5.59. The second kappa shape index (κ2) is 7.10. The molecule has 0 aromatic heterocycles. The zero-order valence-corrected chi connectivity index (χ0v) is 10.8. The maximum absolute atomic E-state index is 11.0. The smallest absolute Gasteiger partial charge is 0.329 e. The van der Waals surface area contributed by atoms with Crippen molar-refractivity contribution in [3.63, 3.8) is 0 Å². The predicted molar refractivity (Wildman–Crippen MR) is 64.2 cm³/mol. The van der Waals surface area contributed by atoms with E-state index >= 15 is 0 Å².